The molecule has 2 aromatic rings. The lowest BCUT2D eigenvalue weighted by molar-refractivity contribution is 0.101. The van der Waals surface area contributed by atoms with Crippen LogP contribution < -0.4 is 0 Å². The van der Waals surface area contributed by atoms with Crippen LogP contribution in [-0.4, -0.2) is 20.3 Å². The lowest BCUT2D eigenvalue weighted by Gasteiger charge is -1.97. The molecule has 0 unspecified atom stereocenters. The van der Waals surface area contributed by atoms with Gasteiger partial charge in [-0.3, -0.25) is 9.36 Å². The minimum atomic E-state index is 0.000685. The molecule has 0 aliphatic carbocycles. The minimum Gasteiger partial charge on any atom is -0.292 e. The van der Waals surface area contributed by atoms with E-state index in [0.717, 1.165) is 17.3 Å². The van der Waals surface area contributed by atoms with Crippen molar-refractivity contribution in [3.8, 4) is 5.82 Å². The highest BCUT2D eigenvalue weighted by atomic mass is 32.1. The Balaban J connectivity index is 2.45. The quantitative estimate of drug-likeness (QED) is 0.730. The highest BCUT2D eigenvalue weighted by molar-refractivity contribution is 7.11. The average Bonchev–Trinajstić information content (AvgIpc) is 2.71. The third-order valence-corrected chi connectivity index (χ3v) is 2.97. The second-order valence-corrected chi connectivity index (χ2v) is 4.22. The smallest absolute Gasteiger partial charge is 0.188 e. The molecule has 0 saturated heterocycles. The van der Waals surface area contributed by atoms with E-state index in [4.69, 9.17) is 0 Å². The van der Waals surface area contributed by atoms with Gasteiger partial charge in [-0.25, -0.2) is 9.97 Å². The van der Waals surface area contributed by atoms with E-state index in [0.29, 0.717) is 5.01 Å². The van der Waals surface area contributed by atoms with Crippen molar-refractivity contribution < 1.29 is 4.79 Å². The summed E-state index contributed by atoms with van der Waals surface area (Å²) in [5.74, 6) is 1.65. The number of hydrogen-bond donors (Lipinski definition) is 0. The fraction of sp³-hybridized carbons (Fsp3) is 0.300. The number of Topliss-reactive ketones (excluding diaryl/α,β-unsaturated/α-hetero) is 1. The molecule has 78 valence electrons. The number of ketones is 1. The Morgan fingerprint density at radius 3 is 2.60 bits per heavy atom. The van der Waals surface area contributed by atoms with Gasteiger partial charge < -0.3 is 0 Å². The predicted octanol–water partition coefficient (Wildman–Crippen LogP) is 2.15. The minimum absolute atomic E-state index is 0.000685. The first-order valence-corrected chi connectivity index (χ1v) is 5.45. The molecule has 0 radical (unpaired) electrons. The Bertz CT molecular complexity index is 512. The molecule has 2 heterocycles. The summed E-state index contributed by atoms with van der Waals surface area (Å²) in [6.45, 7) is 5.37. The van der Waals surface area contributed by atoms with Gasteiger partial charge in [-0.15, -0.1) is 11.3 Å². The van der Waals surface area contributed by atoms with E-state index in [2.05, 4.69) is 9.97 Å². The van der Waals surface area contributed by atoms with Gasteiger partial charge in [-0.2, -0.15) is 0 Å². The first kappa shape index (κ1) is 10.0. The highest BCUT2D eigenvalue weighted by Crippen LogP contribution is 2.16. The molecule has 0 bridgehead atoms. The van der Waals surface area contributed by atoms with E-state index in [1.54, 1.807) is 0 Å². The largest absolute Gasteiger partial charge is 0.292 e. The first-order chi connectivity index (χ1) is 7.08. The van der Waals surface area contributed by atoms with Crippen LogP contribution in [0.4, 0.5) is 0 Å². The summed E-state index contributed by atoms with van der Waals surface area (Å²) in [4.78, 5) is 19.6. The number of hydrogen-bond acceptors (Lipinski definition) is 4. The molecule has 15 heavy (non-hydrogen) atoms. The number of carbonyl (C=O) groups is 1. The number of rotatable bonds is 2. The van der Waals surface area contributed by atoms with Gasteiger partial charge in [0.1, 0.15) is 11.6 Å². The number of thiazole rings is 1. The Morgan fingerprint density at radius 1 is 1.40 bits per heavy atom. The molecule has 2 rings (SSSR count). The van der Waals surface area contributed by atoms with Gasteiger partial charge in [0, 0.05) is 18.5 Å². The summed E-state index contributed by atoms with van der Waals surface area (Å²) in [7, 11) is 0. The summed E-state index contributed by atoms with van der Waals surface area (Å²) in [5.41, 5.74) is 0.949. The van der Waals surface area contributed by atoms with Crippen LogP contribution in [-0.2, 0) is 0 Å². The van der Waals surface area contributed by atoms with E-state index >= 15 is 0 Å². The van der Waals surface area contributed by atoms with Gasteiger partial charge in [0.15, 0.2) is 10.8 Å². The van der Waals surface area contributed by atoms with Crippen molar-refractivity contribution in [3.05, 3.63) is 28.1 Å². The molecular formula is C10H11N3OS. The average molecular weight is 221 g/mol. The van der Waals surface area contributed by atoms with Crippen molar-refractivity contribution in [1.29, 1.82) is 0 Å². The number of imidazole rings is 1. The summed E-state index contributed by atoms with van der Waals surface area (Å²) in [5, 5.41) is 2.40. The molecule has 0 fully saturated rings. The Kier molecular flexibility index (Phi) is 2.40. The summed E-state index contributed by atoms with van der Waals surface area (Å²) in [6.07, 6.45) is 1.91. The van der Waals surface area contributed by atoms with Crippen LogP contribution in [0.15, 0.2) is 11.6 Å². The number of aryl methyl sites for hydroxylation is 2. The fourth-order valence-corrected chi connectivity index (χ4v) is 2.08. The first-order valence-electron chi connectivity index (χ1n) is 4.57. The highest BCUT2D eigenvalue weighted by Gasteiger charge is 2.09. The molecule has 0 aromatic carbocycles. The zero-order valence-electron chi connectivity index (χ0n) is 8.81. The summed E-state index contributed by atoms with van der Waals surface area (Å²) >= 11 is 1.36. The molecule has 0 saturated carbocycles. The molecule has 0 amide bonds. The van der Waals surface area contributed by atoms with E-state index < -0.39 is 0 Å². The van der Waals surface area contributed by atoms with Crippen LogP contribution in [0, 0.1) is 13.8 Å². The molecule has 0 atom stereocenters. The number of carbonyl (C=O) groups excluding carboxylic acids is 1. The predicted molar refractivity (Wildman–Crippen MR) is 58.7 cm³/mol. The van der Waals surface area contributed by atoms with Crippen molar-refractivity contribution >= 4 is 17.1 Å². The van der Waals surface area contributed by atoms with E-state index in [-0.39, 0.29) is 5.78 Å². The Hall–Kier alpha value is -1.49. The maximum Gasteiger partial charge on any atom is 0.188 e. The van der Waals surface area contributed by atoms with Gasteiger partial charge >= 0.3 is 0 Å². The molecular weight excluding hydrogens is 210 g/mol. The third kappa shape index (κ3) is 1.83. The maximum atomic E-state index is 11.1. The van der Waals surface area contributed by atoms with Crippen LogP contribution in [0.2, 0.25) is 0 Å². The maximum absolute atomic E-state index is 11.1. The number of aromatic nitrogens is 3. The molecule has 0 aliphatic rings. The van der Waals surface area contributed by atoms with Crippen molar-refractivity contribution in [1.82, 2.24) is 14.5 Å². The van der Waals surface area contributed by atoms with Gasteiger partial charge in [-0.1, -0.05) is 0 Å². The molecule has 2 aromatic heterocycles. The summed E-state index contributed by atoms with van der Waals surface area (Å²) in [6, 6.07) is 0. The van der Waals surface area contributed by atoms with Gasteiger partial charge in [0.2, 0.25) is 0 Å². The van der Waals surface area contributed by atoms with Crippen molar-refractivity contribution in [2.24, 2.45) is 0 Å². The standard InChI is InChI=1S/C10H11N3OS/c1-6-4-13(8(3)11-6)9-5-15-10(12-9)7(2)14/h4-5H,1-3H3. The van der Waals surface area contributed by atoms with Gasteiger partial charge in [-0.05, 0) is 13.8 Å². The topological polar surface area (TPSA) is 47.8 Å². The molecule has 0 N–H and O–H groups in total. The third-order valence-electron chi connectivity index (χ3n) is 2.04. The molecule has 5 heteroatoms. The van der Waals surface area contributed by atoms with Crippen molar-refractivity contribution in [2.75, 3.05) is 0 Å². The summed E-state index contributed by atoms with van der Waals surface area (Å²) < 4.78 is 1.89. The second kappa shape index (κ2) is 3.58. The SMILES string of the molecule is CC(=O)c1nc(-n2cc(C)nc2C)cs1. The lowest BCUT2D eigenvalue weighted by atomic mass is 10.5. The molecule has 4 nitrogen and oxygen atoms in total. The van der Waals surface area contributed by atoms with Crippen LogP contribution in [0.3, 0.4) is 0 Å². The van der Waals surface area contributed by atoms with E-state index in [9.17, 15) is 4.79 Å². The Labute approximate surface area is 91.6 Å². The normalized spacial score (nSPS) is 10.6. The lowest BCUT2D eigenvalue weighted by Crippen LogP contribution is -1.97. The van der Waals surface area contributed by atoms with E-state index in [1.165, 1.54) is 18.3 Å². The monoisotopic (exact) mass is 221 g/mol. The van der Waals surface area contributed by atoms with Gasteiger partial charge in [0.25, 0.3) is 0 Å². The van der Waals surface area contributed by atoms with Crippen molar-refractivity contribution in [2.45, 2.75) is 20.8 Å². The fourth-order valence-electron chi connectivity index (χ4n) is 1.39. The van der Waals surface area contributed by atoms with Crippen LogP contribution >= 0.6 is 11.3 Å². The Morgan fingerprint density at radius 2 is 2.13 bits per heavy atom. The van der Waals surface area contributed by atoms with Crippen LogP contribution in [0.1, 0.15) is 28.2 Å². The number of nitrogens with zero attached hydrogens (tertiary/aromatic N) is 3. The molecule has 0 aliphatic heterocycles. The zero-order valence-corrected chi connectivity index (χ0v) is 9.63. The van der Waals surface area contributed by atoms with Gasteiger partial charge in [0.05, 0.1) is 5.69 Å². The molecule has 0 spiro atoms. The van der Waals surface area contributed by atoms with Crippen molar-refractivity contribution in [3.63, 3.8) is 0 Å². The second-order valence-electron chi connectivity index (χ2n) is 3.37. The van der Waals surface area contributed by atoms with Crippen LogP contribution in [0.25, 0.3) is 5.82 Å². The van der Waals surface area contributed by atoms with Crippen LogP contribution in [0.5, 0.6) is 0 Å². The zero-order chi connectivity index (χ0) is 11.0. The van der Waals surface area contributed by atoms with E-state index in [1.807, 2.05) is 30.0 Å².